The zero-order valence-electron chi connectivity index (χ0n) is 10.4. The largest absolute Gasteiger partial charge is 0.241 e. The van der Waals surface area contributed by atoms with E-state index in [9.17, 15) is 8.42 Å². The van der Waals surface area contributed by atoms with Gasteiger partial charge in [0.15, 0.2) is 0 Å². The Balaban J connectivity index is 2.89. The van der Waals surface area contributed by atoms with Crippen LogP contribution in [0.25, 0.3) is 0 Å². The van der Waals surface area contributed by atoms with Gasteiger partial charge in [-0.1, -0.05) is 42.6 Å². The molecule has 0 amide bonds. The molecule has 1 N–H and O–H groups in total. The molecule has 1 rings (SSSR count). The summed E-state index contributed by atoms with van der Waals surface area (Å²) in [5.74, 6) is 0.380. The van der Waals surface area contributed by atoms with Crippen LogP contribution < -0.4 is 4.72 Å². The summed E-state index contributed by atoms with van der Waals surface area (Å²) in [6.07, 6.45) is 1.94. The van der Waals surface area contributed by atoms with Gasteiger partial charge in [0.25, 0.3) is 0 Å². The molecular weight excluding hydrogens is 382 g/mol. The van der Waals surface area contributed by atoms with Crippen molar-refractivity contribution in [2.24, 2.45) is 5.92 Å². The summed E-state index contributed by atoms with van der Waals surface area (Å²) in [6.45, 7) is 4.61. The van der Waals surface area contributed by atoms with Crippen molar-refractivity contribution in [2.75, 3.05) is 6.54 Å². The van der Waals surface area contributed by atoms with Crippen LogP contribution in [0.1, 0.15) is 26.7 Å². The fourth-order valence-corrected chi connectivity index (χ4v) is 4.18. The summed E-state index contributed by atoms with van der Waals surface area (Å²) >= 11 is 6.55. The van der Waals surface area contributed by atoms with E-state index in [4.69, 9.17) is 0 Å². The molecule has 0 bridgehead atoms. The predicted octanol–water partition coefficient (Wildman–Crippen LogP) is 3.93. The Hall–Kier alpha value is 0.0900. The average molecular weight is 399 g/mol. The molecule has 102 valence electrons. The molecule has 0 aliphatic rings. The highest BCUT2D eigenvalue weighted by Crippen LogP contribution is 2.25. The molecule has 0 spiro atoms. The van der Waals surface area contributed by atoms with Crippen molar-refractivity contribution in [3.8, 4) is 0 Å². The Morgan fingerprint density at radius 1 is 1.22 bits per heavy atom. The van der Waals surface area contributed by atoms with Crippen LogP contribution in [0.3, 0.4) is 0 Å². The summed E-state index contributed by atoms with van der Waals surface area (Å²) in [7, 11) is -3.46. The van der Waals surface area contributed by atoms with E-state index in [0.29, 0.717) is 16.9 Å². The van der Waals surface area contributed by atoms with Crippen LogP contribution in [0.5, 0.6) is 0 Å². The van der Waals surface area contributed by atoms with Gasteiger partial charge >= 0.3 is 0 Å². The predicted molar refractivity (Wildman–Crippen MR) is 81.1 cm³/mol. The molecule has 0 saturated carbocycles. The van der Waals surface area contributed by atoms with Crippen LogP contribution in [-0.4, -0.2) is 15.0 Å². The van der Waals surface area contributed by atoms with Crippen LogP contribution in [0.15, 0.2) is 32.0 Å². The lowest BCUT2D eigenvalue weighted by Gasteiger charge is -2.14. The summed E-state index contributed by atoms with van der Waals surface area (Å²) in [5.41, 5.74) is 0. The maximum absolute atomic E-state index is 12.2. The van der Waals surface area contributed by atoms with E-state index in [1.807, 2.05) is 0 Å². The molecule has 0 aliphatic carbocycles. The molecule has 0 radical (unpaired) electrons. The quantitative estimate of drug-likeness (QED) is 0.788. The number of halogens is 2. The SMILES string of the molecule is CCC(CC)CNS(=O)(=O)c1cc(Br)ccc1Br. The molecule has 0 aliphatic heterocycles. The third kappa shape index (κ3) is 4.33. The second-order valence-corrected chi connectivity index (χ2v) is 7.61. The molecule has 1 aromatic rings. The van der Waals surface area contributed by atoms with Gasteiger partial charge in [0, 0.05) is 15.5 Å². The molecular formula is C12H17Br2NO2S. The van der Waals surface area contributed by atoms with E-state index in [-0.39, 0.29) is 4.90 Å². The van der Waals surface area contributed by atoms with Crippen LogP contribution in [0, 0.1) is 5.92 Å². The summed E-state index contributed by atoms with van der Waals surface area (Å²) < 4.78 is 28.3. The van der Waals surface area contributed by atoms with Crippen molar-refractivity contribution in [3.05, 3.63) is 27.1 Å². The second-order valence-electron chi connectivity index (χ2n) is 4.11. The maximum atomic E-state index is 12.2. The Morgan fingerprint density at radius 2 is 1.83 bits per heavy atom. The van der Waals surface area contributed by atoms with Crippen molar-refractivity contribution in [2.45, 2.75) is 31.6 Å². The zero-order chi connectivity index (χ0) is 13.8. The van der Waals surface area contributed by atoms with Crippen LogP contribution in [0.4, 0.5) is 0 Å². The third-order valence-corrected chi connectivity index (χ3v) is 5.81. The van der Waals surface area contributed by atoms with E-state index in [1.165, 1.54) is 0 Å². The lowest BCUT2D eigenvalue weighted by Crippen LogP contribution is -2.29. The van der Waals surface area contributed by atoms with Gasteiger partial charge in [0.05, 0.1) is 4.90 Å². The summed E-state index contributed by atoms with van der Waals surface area (Å²) in [5, 5.41) is 0. The van der Waals surface area contributed by atoms with Gasteiger partial charge in [0.1, 0.15) is 0 Å². The van der Waals surface area contributed by atoms with E-state index < -0.39 is 10.0 Å². The van der Waals surface area contributed by atoms with Crippen LogP contribution in [0.2, 0.25) is 0 Å². The molecule has 0 unspecified atom stereocenters. The highest BCUT2D eigenvalue weighted by atomic mass is 79.9. The topological polar surface area (TPSA) is 46.2 Å². The maximum Gasteiger partial charge on any atom is 0.241 e. The standard InChI is InChI=1S/C12H17Br2NO2S/c1-3-9(4-2)8-15-18(16,17)12-7-10(13)5-6-11(12)14/h5-7,9,15H,3-4,8H2,1-2H3. The first kappa shape index (κ1) is 16.1. The normalized spacial score (nSPS) is 12.1. The van der Waals surface area contributed by atoms with E-state index in [0.717, 1.165) is 17.3 Å². The summed E-state index contributed by atoms with van der Waals surface area (Å²) in [4.78, 5) is 0.267. The first-order valence-electron chi connectivity index (χ1n) is 5.85. The minimum Gasteiger partial charge on any atom is -0.211 e. The monoisotopic (exact) mass is 397 g/mol. The van der Waals surface area contributed by atoms with Gasteiger partial charge in [-0.3, -0.25) is 0 Å². The minimum absolute atomic E-state index is 0.267. The molecule has 18 heavy (non-hydrogen) atoms. The molecule has 3 nitrogen and oxygen atoms in total. The first-order valence-corrected chi connectivity index (χ1v) is 8.92. The average Bonchev–Trinajstić information content (AvgIpc) is 2.33. The Kier molecular flexibility index (Phi) is 6.30. The van der Waals surface area contributed by atoms with Gasteiger partial charge in [-0.2, -0.15) is 0 Å². The number of rotatable bonds is 6. The van der Waals surface area contributed by atoms with E-state index in [1.54, 1.807) is 18.2 Å². The third-order valence-electron chi connectivity index (χ3n) is 2.90. The lowest BCUT2D eigenvalue weighted by atomic mass is 10.0. The number of sulfonamides is 1. The lowest BCUT2D eigenvalue weighted by molar-refractivity contribution is 0.479. The number of hydrogen-bond donors (Lipinski definition) is 1. The Morgan fingerprint density at radius 3 is 2.39 bits per heavy atom. The van der Waals surface area contributed by atoms with Gasteiger partial charge in [-0.25, -0.2) is 13.1 Å². The zero-order valence-corrected chi connectivity index (χ0v) is 14.4. The fourth-order valence-electron chi connectivity index (χ4n) is 1.57. The second kappa shape index (κ2) is 7.03. The number of hydrogen-bond acceptors (Lipinski definition) is 2. The molecule has 1 aromatic carbocycles. The van der Waals surface area contributed by atoms with Crippen LogP contribution in [-0.2, 0) is 10.0 Å². The van der Waals surface area contributed by atoms with Crippen molar-refractivity contribution < 1.29 is 8.42 Å². The van der Waals surface area contributed by atoms with Gasteiger partial charge in [0.2, 0.25) is 10.0 Å². The minimum atomic E-state index is -3.46. The molecule has 0 fully saturated rings. The smallest absolute Gasteiger partial charge is 0.211 e. The molecule has 0 atom stereocenters. The van der Waals surface area contributed by atoms with Gasteiger partial charge in [-0.15, -0.1) is 0 Å². The highest BCUT2D eigenvalue weighted by molar-refractivity contribution is 9.11. The van der Waals surface area contributed by atoms with Crippen molar-refractivity contribution in [3.63, 3.8) is 0 Å². The fraction of sp³-hybridized carbons (Fsp3) is 0.500. The Labute approximate surface area is 126 Å². The van der Waals surface area contributed by atoms with Crippen LogP contribution >= 0.6 is 31.9 Å². The molecule has 6 heteroatoms. The first-order chi connectivity index (χ1) is 8.40. The summed E-state index contributed by atoms with van der Waals surface area (Å²) in [6, 6.07) is 5.11. The number of nitrogens with one attached hydrogen (secondary N) is 1. The highest BCUT2D eigenvalue weighted by Gasteiger charge is 2.18. The molecule has 0 heterocycles. The Bertz CT molecular complexity index is 499. The van der Waals surface area contributed by atoms with Crippen molar-refractivity contribution in [1.82, 2.24) is 4.72 Å². The van der Waals surface area contributed by atoms with Gasteiger partial charge in [-0.05, 0) is 40.0 Å². The van der Waals surface area contributed by atoms with Gasteiger partial charge < -0.3 is 0 Å². The molecule has 0 aromatic heterocycles. The number of benzene rings is 1. The van der Waals surface area contributed by atoms with Crippen molar-refractivity contribution in [1.29, 1.82) is 0 Å². The van der Waals surface area contributed by atoms with E-state index in [2.05, 4.69) is 50.4 Å². The van der Waals surface area contributed by atoms with Crippen molar-refractivity contribution >= 4 is 41.9 Å². The molecule has 0 saturated heterocycles. The van der Waals surface area contributed by atoms with E-state index >= 15 is 0 Å².